The van der Waals surface area contributed by atoms with Gasteiger partial charge in [0.2, 0.25) is 0 Å². The molecule has 0 atom stereocenters. The summed E-state index contributed by atoms with van der Waals surface area (Å²) in [5, 5.41) is 0. The normalized spacial score (nSPS) is 8.30. The fourth-order valence-corrected chi connectivity index (χ4v) is 0. The van der Waals surface area contributed by atoms with Gasteiger partial charge >= 0.3 is 93.8 Å². The quantitative estimate of drug-likeness (QED) is 0.285. The summed E-state index contributed by atoms with van der Waals surface area (Å²) in [5.41, 5.74) is 0. The van der Waals surface area contributed by atoms with Gasteiger partial charge in [0.15, 0.2) is 0 Å². The van der Waals surface area contributed by atoms with E-state index in [1.54, 1.807) is 0 Å². The Morgan fingerprint density at radius 3 is 1.10 bits per heavy atom. The molecular weight excluding hydrogens is 301 g/mol. The van der Waals surface area contributed by atoms with Crippen molar-refractivity contribution >= 4 is 80.6 Å². The van der Waals surface area contributed by atoms with E-state index in [1.165, 1.54) is 0 Å². The molecule has 7 nitrogen and oxygen atoms in total. The molecule has 58 valence electrons. The van der Waals surface area contributed by atoms with Crippen LogP contribution < -0.4 is 0 Å². The van der Waals surface area contributed by atoms with E-state index in [0.29, 0.717) is 0 Å². The van der Waals surface area contributed by atoms with Crippen LogP contribution in [0.4, 0.5) is 0 Å². The fourth-order valence-electron chi connectivity index (χ4n) is 0. The summed E-state index contributed by atoms with van der Waals surface area (Å²) in [5.74, 6) is 0. The molecule has 0 aliphatic carbocycles. The predicted molar refractivity (Wildman–Crippen MR) is 31.1 cm³/mol. The van der Waals surface area contributed by atoms with Crippen LogP contribution in [0.1, 0.15) is 0 Å². The summed E-state index contributed by atoms with van der Waals surface area (Å²) in [6.07, 6.45) is 0. The van der Waals surface area contributed by atoms with Gasteiger partial charge in [-0.3, -0.25) is 4.46 Å². The molecule has 0 aliphatic rings. The number of hydrogen-bond acceptors (Lipinski definition) is 2. The molecule has 0 heterocycles. The predicted octanol–water partition coefficient (Wildman–Crippen LogP) is -4.43. The Hall–Kier alpha value is 1.75. The third kappa shape index (κ3) is 243. The van der Waals surface area contributed by atoms with E-state index >= 15 is 0 Å². The monoisotopic (exact) mass is 306 g/mol. The van der Waals surface area contributed by atoms with Crippen LogP contribution >= 0.6 is 0 Å². The first kappa shape index (κ1) is 17.7. The van der Waals surface area contributed by atoms with Crippen LogP contribution in [0.3, 0.4) is 0 Å². The average molecular weight is 307 g/mol. The van der Waals surface area contributed by atoms with Crippen LogP contribution in [-0.2, 0) is 7.48 Å². The Morgan fingerprint density at radius 1 is 1.10 bits per heavy atom. The van der Waals surface area contributed by atoms with Crippen LogP contribution in [-0.4, -0.2) is 100 Å². The van der Waals surface area contributed by atoms with Crippen molar-refractivity contribution in [2.24, 2.45) is 0 Å². The zero-order valence-corrected chi connectivity index (χ0v) is 7.55. The van der Waals surface area contributed by atoms with Crippen LogP contribution in [0.25, 0.3) is 0 Å². The molecule has 0 aliphatic heterocycles. The number of hydrogen-bond donors (Lipinski definition) is 5. The van der Waals surface area contributed by atoms with E-state index in [4.69, 9.17) is 27.2 Å². The van der Waals surface area contributed by atoms with Gasteiger partial charge < -0.3 is 9.59 Å². The first-order valence-electron chi connectivity index (χ1n) is 1.43. The summed E-state index contributed by atoms with van der Waals surface area (Å²) >= 11 is -5.35. The van der Waals surface area contributed by atoms with E-state index in [-0.39, 0.29) is 51.4 Å². The minimum absolute atomic E-state index is 0. The molecule has 0 rings (SSSR count). The van der Waals surface area contributed by atoms with E-state index in [2.05, 4.69) is 0 Å². The Labute approximate surface area is 106 Å². The third-order valence-corrected chi connectivity index (χ3v) is 0. The molecular formula is H6KO7SbSi. The Balaban J connectivity index is -0.0000000910. The first-order valence-corrected chi connectivity index (χ1v) is 7.20. The van der Waals surface area contributed by atoms with Crippen LogP contribution in [0, 0.1) is 0 Å². The zero-order valence-electron chi connectivity index (χ0n) is 4.00. The van der Waals surface area contributed by atoms with Gasteiger partial charge in [0.05, 0.1) is 0 Å². The fraction of sp³-hybridized carbons (Fsp3) is 0. The maximum absolute atomic E-state index is 8.97. The van der Waals surface area contributed by atoms with Crippen molar-refractivity contribution in [1.29, 1.82) is 0 Å². The molecule has 0 aromatic heterocycles. The number of rotatable bonds is 0. The van der Waals surface area contributed by atoms with Gasteiger partial charge in [-0.15, -0.1) is 0 Å². The molecule has 10 heavy (non-hydrogen) atoms. The van der Waals surface area contributed by atoms with Crippen molar-refractivity contribution in [1.82, 2.24) is 0 Å². The standard InChI is InChI=1S/K.H2O3Si.3H2O.O.Sb.H/c;1-4(2)3;;;;;;/h;1-2H;3*1H2;;;/q;;;;;;+3;/p-3. The summed E-state index contributed by atoms with van der Waals surface area (Å²) in [7, 11) is -3.13. The zero-order chi connectivity index (χ0) is 8.08. The molecule has 10 heteroatoms. The maximum atomic E-state index is 8.97. The Kier molecular flexibility index (Phi) is 15.7. The van der Waals surface area contributed by atoms with E-state index < -0.39 is 29.2 Å². The molecule has 0 aromatic carbocycles. The van der Waals surface area contributed by atoms with Gasteiger partial charge in [0.1, 0.15) is 0 Å². The van der Waals surface area contributed by atoms with E-state index in [1.807, 2.05) is 0 Å². The van der Waals surface area contributed by atoms with Crippen molar-refractivity contribution < 1.29 is 27.2 Å². The average Bonchev–Trinajstić information content (AvgIpc) is 1.19. The molecule has 0 aromatic rings. The van der Waals surface area contributed by atoms with Crippen molar-refractivity contribution in [3.63, 3.8) is 0 Å². The second-order valence-electron chi connectivity index (χ2n) is 0.796. The van der Waals surface area contributed by atoms with Gasteiger partial charge in [-0.1, -0.05) is 0 Å². The van der Waals surface area contributed by atoms with Gasteiger partial charge in [-0.25, -0.2) is 0 Å². The van der Waals surface area contributed by atoms with Crippen molar-refractivity contribution in [3.05, 3.63) is 0 Å². The van der Waals surface area contributed by atoms with Gasteiger partial charge in [0, 0.05) is 0 Å². The molecule has 0 unspecified atom stereocenters. The van der Waals surface area contributed by atoms with Gasteiger partial charge in [-0.05, 0) is 0 Å². The molecule has 0 saturated heterocycles. The van der Waals surface area contributed by atoms with Crippen molar-refractivity contribution in [2.45, 2.75) is 0 Å². The first-order chi connectivity index (χ1) is 3.73. The molecule has 0 radical (unpaired) electrons. The third-order valence-electron chi connectivity index (χ3n) is 0. The second-order valence-corrected chi connectivity index (χ2v) is 4.29. The molecule has 0 amide bonds. The molecule has 5 N–H and O–H groups in total. The van der Waals surface area contributed by atoms with Crippen LogP contribution in [0.5, 0.6) is 0 Å². The second kappa shape index (κ2) is 8.84. The summed E-state index contributed by atoms with van der Waals surface area (Å²) < 4.78 is 39.5. The van der Waals surface area contributed by atoms with Gasteiger partial charge in [-0.2, -0.15) is 0 Å². The van der Waals surface area contributed by atoms with Gasteiger partial charge in [0.25, 0.3) is 0 Å². The topological polar surface area (TPSA) is 135 Å². The molecule has 0 bridgehead atoms. The summed E-state index contributed by atoms with van der Waals surface area (Å²) in [4.78, 5) is 14.3. The molecule has 0 fully saturated rings. The summed E-state index contributed by atoms with van der Waals surface area (Å²) in [6.45, 7) is 0. The van der Waals surface area contributed by atoms with E-state index in [0.717, 1.165) is 0 Å². The Morgan fingerprint density at radius 2 is 1.10 bits per heavy atom. The summed E-state index contributed by atoms with van der Waals surface area (Å²) in [6, 6.07) is 0. The SMILES string of the molecule is O=[Si](O)O.[KH].[O]=[Sb]([OH])([OH])[OH]. The van der Waals surface area contributed by atoms with Crippen molar-refractivity contribution in [3.8, 4) is 0 Å². The van der Waals surface area contributed by atoms with E-state index in [9.17, 15) is 0 Å². The molecule has 0 saturated carbocycles. The van der Waals surface area contributed by atoms with Crippen LogP contribution in [0.15, 0.2) is 0 Å². The minimum atomic E-state index is -5.35. The van der Waals surface area contributed by atoms with Crippen molar-refractivity contribution in [2.75, 3.05) is 0 Å². The Bertz CT molecular complexity index is 113. The van der Waals surface area contributed by atoms with Crippen LogP contribution in [0.2, 0.25) is 0 Å². The molecule has 0 spiro atoms.